The zero-order valence-electron chi connectivity index (χ0n) is 20.7. The van der Waals surface area contributed by atoms with Crippen LogP contribution in [0.2, 0.25) is 0 Å². The number of esters is 3. The van der Waals surface area contributed by atoms with Gasteiger partial charge in [0.25, 0.3) is 0 Å². The molecule has 10 heteroatoms. The van der Waals surface area contributed by atoms with Crippen molar-refractivity contribution >= 4 is 40.6 Å². The number of hydrogen-bond acceptors (Lipinski definition) is 10. The van der Waals surface area contributed by atoms with Crippen molar-refractivity contribution in [3.05, 3.63) is 64.5 Å². The molecular weight excluding hydrogens is 500 g/mol. The zero-order valence-corrected chi connectivity index (χ0v) is 21.5. The Morgan fingerprint density at radius 1 is 0.892 bits per heavy atom. The highest BCUT2D eigenvalue weighted by Gasteiger charge is 2.47. The second kappa shape index (κ2) is 11.1. The number of carbonyl (C=O) groups is 3. The molecule has 4 atom stereocenters. The van der Waals surface area contributed by atoms with Gasteiger partial charge in [0.1, 0.15) is 11.3 Å². The molecule has 9 nitrogen and oxygen atoms in total. The van der Waals surface area contributed by atoms with E-state index in [9.17, 15) is 19.2 Å². The number of fused-ring (bicyclic) bond motifs is 1. The average molecular weight is 527 g/mol. The van der Waals surface area contributed by atoms with Gasteiger partial charge in [0.05, 0.1) is 5.56 Å². The molecule has 1 aliphatic rings. The van der Waals surface area contributed by atoms with Crippen LogP contribution in [0.1, 0.15) is 26.3 Å². The maximum absolute atomic E-state index is 12.8. The minimum Gasteiger partial charge on any atom is -0.476 e. The van der Waals surface area contributed by atoms with Crippen LogP contribution in [0, 0.1) is 6.92 Å². The normalized spacial score (nSPS) is 21.2. The van der Waals surface area contributed by atoms with Gasteiger partial charge in [-0.15, -0.1) is 11.8 Å². The van der Waals surface area contributed by atoms with Gasteiger partial charge in [-0.3, -0.25) is 14.4 Å². The lowest BCUT2D eigenvalue weighted by Crippen LogP contribution is -2.55. The van der Waals surface area contributed by atoms with Crippen molar-refractivity contribution in [1.82, 2.24) is 0 Å². The van der Waals surface area contributed by atoms with Crippen LogP contribution in [0.4, 0.5) is 0 Å². The minimum atomic E-state index is -1.06. The van der Waals surface area contributed by atoms with Crippen LogP contribution in [-0.4, -0.2) is 47.4 Å². The van der Waals surface area contributed by atoms with E-state index in [2.05, 4.69) is 0 Å². The van der Waals surface area contributed by atoms with Crippen LogP contribution >= 0.6 is 11.8 Å². The van der Waals surface area contributed by atoms with E-state index in [1.165, 1.54) is 32.5 Å². The summed E-state index contributed by atoms with van der Waals surface area (Å²) in [5.74, 6) is -1.21. The molecule has 0 saturated carbocycles. The quantitative estimate of drug-likeness (QED) is 0.265. The summed E-state index contributed by atoms with van der Waals surface area (Å²) in [4.78, 5) is 48.1. The third-order valence-corrected chi connectivity index (χ3v) is 6.97. The first-order chi connectivity index (χ1) is 17.6. The minimum absolute atomic E-state index is 0.238. The molecular formula is C27H26O9S. The number of benzene rings is 2. The smallest absolute Gasteiger partial charge is 0.344 e. The molecule has 4 rings (SSSR count). The van der Waals surface area contributed by atoms with Gasteiger partial charge in [0.2, 0.25) is 0 Å². The summed E-state index contributed by atoms with van der Waals surface area (Å²) in [5, 5.41) is 0.742. The van der Waals surface area contributed by atoms with Gasteiger partial charge in [0, 0.05) is 38.0 Å². The van der Waals surface area contributed by atoms with Crippen LogP contribution in [0.5, 0.6) is 5.75 Å². The number of aryl methyl sites for hydroxylation is 1. The lowest BCUT2D eigenvalue weighted by atomic mass is 10.00. The van der Waals surface area contributed by atoms with Gasteiger partial charge in [-0.2, -0.15) is 0 Å². The van der Waals surface area contributed by atoms with Gasteiger partial charge in [-0.25, -0.2) is 4.79 Å². The number of ether oxygens (including phenoxy) is 4. The van der Waals surface area contributed by atoms with Gasteiger partial charge in [0.15, 0.2) is 23.7 Å². The van der Waals surface area contributed by atoms with Crippen LogP contribution in [0.15, 0.2) is 57.7 Å². The molecule has 2 heterocycles. The van der Waals surface area contributed by atoms with Gasteiger partial charge < -0.3 is 23.4 Å². The van der Waals surface area contributed by atoms with E-state index in [0.717, 1.165) is 16.5 Å². The van der Waals surface area contributed by atoms with E-state index in [4.69, 9.17) is 23.4 Å². The number of rotatable bonds is 6. The van der Waals surface area contributed by atoms with Crippen molar-refractivity contribution in [3.63, 3.8) is 0 Å². The van der Waals surface area contributed by atoms with Gasteiger partial charge in [-0.1, -0.05) is 30.3 Å². The van der Waals surface area contributed by atoms with E-state index in [1.807, 2.05) is 37.3 Å². The average Bonchev–Trinajstić information content (AvgIpc) is 2.82. The standard InChI is InChI=1S/C27H26O9S/c1-14-20-11-10-19(12-21(20)36-26(31)23(14)18-8-6-5-7-9-18)35-27-25(34-17(4)30)24(33-16(3)29)22(13-37-27)32-15(2)28/h5-12,22,24-25,27H,13H2,1-4H3/t22-,24+,25-,27+/m1/s1. The molecule has 0 bridgehead atoms. The Morgan fingerprint density at radius 3 is 2.19 bits per heavy atom. The molecule has 37 heavy (non-hydrogen) atoms. The Kier molecular flexibility index (Phi) is 7.87. The van der Waals surface area contributed by atoms with Crippen molar-refractivity contribution in [2.24, 2.45) is 0 Å². The Bertz CT molecular complexity index is 1380. The number of thioether (sulfide) groups is 1. The molecule has 1 aliphatic heterocycles. The van der Waals surface area contributed by atoms with Crippen molar-refractivity contribution in [2.45, 2.75) is 51.4 Å². The summed E-state index contributed by atoms with van der Waals surface area (Å²) in [5.41, 5.74) is 1.08. The largest absolute Gasteiger partial charge is 0.476 e. The third kappa shape index (κ3) is 5.96. The van der Waals surface area contributed by atoms with Crippen molar-refractivity contribution < 1.29 is 37.7 Å². The molecule has 2 aromatic carbocycles. The molecule has 0 amide bonds. The fraction of sp³-hybridized carbons (Fsp3) is 0.333. The van der Waals surface area contributed by atoms with Crippen molar-refractivity contribution in [1.29, 1.82) is 0 Å². The summed E-state index contributed by atoms with van der Waals surface area (Å²) in [7, 11) is 0. The van der Waals surface area contributed by atoms with Crippen LogP contribution < -0.4 is 10.4 Å². The molecule has 0 radical (unpaired) electrons. The number of carbonyl (C=O) groups excluding carboxylic acids is 3. The fourth-order valence-corrected chi connectivity index (χ4v) is 5.51. The fourth-order valence-electron chi connectivity index (χ4n) is 4.29. The van der Waals surface area contributed by atoms with Crippen LogP contribution in [0.3, 0.4) is 0 Å². The predicted molar refractivity (Wildman–Crippen MR) is 136 cm³/mol. The second-order valence-corrected chi connectivity index (χ2v) is 9.66. The Balaban J connectivity index is 1.66. The molecule has 1 aromatic heterocycles. The SMILES string of the molecule is CC(=O)O[C@@H]1[C@@H](OC(C)=O)[C@@H](Oc2ccc3c(C)c(-c4ccccc4)c(=O)oc3c2)SC[C@H]1OC(C)=O. The molecule has 1 saturated heterocycles. The molecule has 0 aliphatic carbocycles. The van der Waals surface area contributed by atoms with Crippen molar-refractivity contribution in [3.8, 4) is 16.9 Å². The Morgan fingerprint density at radius 2 is 1.54 bits per heavy atom. The van der Waals surface area contributed by atoms with Crippen LogP contribution in [0.25, 0.3) is 22.1 Å². The summed E-state index contributed by atoms with van der Waals surface area (Å²) >= 11 is 1.24. The van der Waals surface area contributed by atoms with E-state index >= 15 is 0 Å². The summed E-state index contributed by atoms with van der Waals surface area (Å²) < 4.78 is 27.9. The Hall–Kier alpha value is -3.79. The predicted octanol–water partition coefficient (Wildman–Crippen LogP) is 4.02. The van der Waals surface area contributed by atoms with Gasteiger partial charge in [-0.05, 0) is 30.2 Å². The monoisotopic (exact) mass is 526 g/mol. The summed E-state index contributed by atoms with van der Waals surface area (Å²) in [6, 6.07) is 14.4. The molecule has 3 aromatic rings. The van der Waals surface area contributed by atoms with E-state index in [0.29, 0.717) is 16.9 Å². The first-order valence-electron chi connectivity index (χ1n) is 11.6. The lowest BCUT2D eigenvalue weighted by Gasteiger charge is -2.39. The summed E-state index contributed by atoms with van der Waals surface area (Å²) in [6.45, 7) is 5.53. The molecule has 0 unspecified atom stereocenters. The van der Waals surface area contributed by atoms with E-state index < -0.39 is 47.3 Å². The topological polar surface area (TPSA) is 118 Å². The highest BCUT2D eigenvalue weighted by Crippen LogP contribution is 2.36. The first-order valence-corrected chi connectivity index (χ1v) is 12.6. The van der Waals surface area contributed by atoms with Crippen LogP contribution in [-0.2, 0) is 28.6 Å². The third-order valence-electron chi connectivity index (χ3n) is 5.76. The zero-order chi connectivity index (χ0) is 26.7. The number of hydrogen-bond donors (Lipinski definition) is 0. The molecule has 194 valence electrons. The Labute approximate surface area is 217 Å². The van der Waals surface area contributed by atoms with E-state index in [-0.39, 0.29) is 5.75 Å². The summed E-state index contributed by atoms with van der Waals surface area (Å²) in [6.07, 6.45) is -2.95. The molecule has 1 fully saturated rings. The highest BCUT2D eigenvalue weighted by molar-refractivity contribution is 7.99. The maximum atomic E-state index is 12.8. The molecule has 0 spiro atoms. The van der Waals surface area contributed by atoms with Crippen molar-refractivity contribution in [2.75, 3.05) is 5.75 Å². The van der Waals surface area contributed by atoms with Gasteiger partial charge >= 0.3 is 23.5 Å². The first kappa shape index (κ1) is 26.3. The molecule has 0 N–H and O–H groups in total. The second-order valence-electron chi connectivity index (χ2n) is 8.53. The van der Waals surface area contributed by atoms with E-state index in [1.54, 1.807) is 18.2 Å². The lowest BCUT2D eigenvalue weighted by molar-refractivity contribution is -0.186. The maximum Gasteiger partial charge on any atom is 0.344 e. The highest BCUT2D eigenvalue weighted by atomic mass is 32.2.